The van der Waals surface area contributed by atoms with Gasteiger partial charge < -0.3 is 15.0 Å². The van der Waals surface area contributed by atoms with Gasteiger partial charge in [-0.2, -0.15) is 0 Å². The Bertz CT molecular complexity index is 258. The van der Waals surface area contributed by atoms with Crippen LogP contribution in [0.15, 0.2) is 0 Å². The van der Waals surface area contributed by atoms with Crippen molar-refractivity contribution in [3.63, 3.8) is 0 Å². The van der Waals surface area contributed by atoms with E-state index in [-0.39, 0.29) is 6.09 Å². The van der Waals surface area contributed by atoms with Crippen LogP contribution >= 0.6 is 0 Å². The lowest BCUT2D eigenvalue weighted by atomic mass is 10.2. The number of nitrogens with zero attached hydrogens (tertiary/aromatic N) is 1. The van der Waals surface area contributed by atoms with Gasteiger partial charge in [-0.05, 0) is 27.2 Å². The Balaban J connectivity index is 2.54. The fraction of sp³-hybridized carbons (Fsp3) is 0.800. The van der Waals surface area contributed by atoms with Gasteiger partial charge in [0, 0.05) is 13.1 Å². The second-order valence-electron chi connectivity index (χ2n) is 4.66. The van der Waals surface area contributed by atoms with Crippen LogP contribution in [0.2, 0.25) is 0 Å². The van der Waals surface area contributed by atoms with Crippen molar-refractivity contribution in [2.75, 3.05) is 19.6 Å². The number of carbonyl (C=O) groups is 1. The third kappa shape index (κ3) is 4.18. The lowest BCUT2D eigenvalue weighted by Gasteiger charge is -2.26. The molecule has 0 aromatic rings. The molecule has 15 heavy (non-hydrogen) atoms. The summed E-state index contributed by atoms with van der Waals surface area (Å²) >= 11 is 0. The van der Waals surface area contributed by atoms with Gasteiger partial charge in [0.05, 0.1) is 6.54 Å². The number of hydrogen-bond acceptors (Lipinski definition) is 3. The molecule has 0 radical (unpaired) electrons. The summed E-state index contributed by atoms with van der Waals surface area (Å²) in [5.74, 6) is 0.373. The largest absolute Gasteiger partial charge is 0.444 e. The average Bonchev–Trinajstić information content (AvgIpc) is 2.26. The molecule has 0 bridgehead atoms. The summed E-state index contributed by atoms with van der Waals surface area (Å²) in [7, 11) is 0. The van der Waals surface area contributed by atoms with Crippen molar-refractivity contribution >= 4 is 11.9 Å². The highest BCUT2D eigenvalue weighted by Gasteiger charge is 2.23. The average molecular weight is 213 g/mol. The minimum Gasteiger partial charge on any atom is -0.444 e. The van der Waals surface area contributed by atoms with Crippen molar-refractivity contribution in [3.05, 3.63) is 0 Å². The smallest absolute Gasteiger partial charge is 0.410 e. The number of ether oxygens (including phenoxy) is 1. The second-order valence-corrected chi connectivity index (χ2v) is 4.66. The fourth-order valence-electron chi connectivity index (χ4n) is 1.32. The molecule has 1 fully saturated rings. The Morgan fingerprint density at radius 1 is 1.53 bits per heavy atom. The van der Waals surface area contributed by atoms with E-state index < -0.39 is 5.60 Å². The summed E-state index contributed by atoms with van der Waals surface area (Å²) in [4.78, 5) is 13.3. The summed E-state index contributed by atoms with van der Waals surface area (Å²) in [6, 6.07) is 0. The molecule has 0 aliphatic carbocycles. The minimum atomic E-state index is -0.473. The Hall–Kier alpha value is -1.26. The summed E-state index contributed by atoms with van der Waals surface area (Å²) in [5.41, 5.74) is -0.473. The zero-order chi connectivity index (χ0) is 11.5. The molecule has 1 rings (SSSR count). The monoisotopic (exact) mass is 213 g/mol. The van der Waals surface area contributed by atoms with E-state index in [9.17, 15) is 4.79 Å². The SMILES string of the molecule is CC(C)(C)OC(=O)N1CCCNC(=N)C1. The van der Waals surface area contributed by atoms with Gasteiger partial charge >= 0.3 is 6.09 Å². The molecule has 0 aromatic heterocycles. The predicted octanol–water partition coefficient (Wildman–Crippen LogP) is 1.19. The van der Waals surface area contributed by atoms with Crippen molar-refractivity contribution in [1.29, 1.82) is 5.41 Å². The number of rotatable bonds is 0. The van der Waals surface area contributed by atoms with Gasteiger partial charge in [-0.15, -0.1) is 0 Å². The van der Waals surface area contributed by atoms with Gasteiger partial charge in [0.2, 0.25) is 0 Å². The summed E-state index contributed by atoms with van der Waals surface area (Å²) < 4.78 is 5.24. The Morgan fingerprint density at radius 3 is 2.80 bits per heavy atom. The van der Waals surface area contributed by atoms with Gasteiger partial charge in [-0.1, -0.05) is 0 Å². The van der Waals surface area contributed by atoms with Gasteiger partial charge in [-0.3, -0.25) is 5.41 Å². The molecule has 0 saturated carbocycles. The van der Waals surface area contributed by atoms with Crippen molar-refractivity contribution in [2.24, 2.45) is 0 Å². The van der Waals surface area contributed by atoms with Crippen molar-refractivity contribution in [1.82, 2.24) is 10.2 Å². The number of amides is 1. The van der Waals surface area contributed by atoms with Crippen LogP contribution in [-0.4, -0.2) is 42.1 Å². The molecular formula is C10H19N3O2. The van der Waals surface area contributed by atoms with Gasteiger partial charge in [0.1, 0.15) is 11.4 Å². The molecule has 5 heteroatoms. The van der Waals surface area contributed by atoms with Gasteiger partial charge in [0.15, 0.2) is 0 Å². The van der Waals surface area contributed by atoms with Crippen LogP contribution in [0, 0.1) is 5.41 Å². The maximum absolute atomic E-state index is 11.7. The minimum absolute atomic E-state index is 0.314. The van der Waals surface area contributed by atoms with E-state index in [2.05, 4.69) is 5.32 Å². The first kappa shape index (κ1) is 11.8. The Labute approximate surface area is 90.3 Å². The third-order valence-corrected chi connectivity index (χ3v) is 1.94. The lowest BCUT2D eigenvalue weighted by Crippen LogP contribution is -2.40. The maximum atomic E-state index is 11.7. The molecule has 1 aliphatic heterocycles. The lowest BCUT2D eigenvalue weighted by molar-refractivity contribution is 0.0281. The Kier molecular flexibility index (Phi) is 3.55. The standard InChI is InChI=1S/C10H19N3O2/c1-10(2,3)15-9(14)13-6-4-5-12-8(11)7-13/h4-7H2,1-3H3,(H2,11,12). The number of amidine groups is 1. The van der Waals surface area contributed by atoms with E-state index in [4.69, 9.17) is 10.1 Å². The molecule has 1 heterocycles. The van der Waals surface area contributed by atoms with Crippen molar-refractivity contribution < 1.29 is 9.53 Å². The van der Waals surface area contributed by atoms with E-state index >= 15 is 0 Å². The van der Waals surface area contributed by atoms with E-state index in [1.807, 2.05) is 20.8 Å². The van der Waals surface area contributed by atoms with Crippen LogP contribution in [-0.2, 0) is 4.74 Å². The third-order valence-electron chi connectivity index (χ3n) is 1.94. The highest BCUT2D eigenvalue weighted by atomic mass is 16.6. The topological polar surface area (TPSA) is 65.4 Å². The highest BCUT2D eigenvalue weighted by molar-refractivity contribution is 5.84. The molecular weight excluding hydrogens is 194 g/mol. The molecule has 86 valence electrons. The first-order chi connectivity index (χ1) is 6.88. The molecule has 0 atom stereocenters. The van der Waals surface area contributed by atoms with Crippen molar-refractivity contribution in [3.8, 4) is 0 Å². The zero-order valence-corrected chi connectivity index (χ0v) is 9.59. The van der Waals surface area contributed by atoms with Gasteiger partial charge in [-0.25, -0.2) is 4.79 Å². The molecule has 0 spiro atoms. The van der Waals surface area contributed by atoms with E-state index in [0.717, 1.165) is 13.0 Å². The predicted molar refractivity (Wildman–Crippen MR) is 58.2 cm³/mol. The molecule has 1 saturated heterocycles. The van der Waals surface area contributed by atoms with Crippen molar-refractivity contribution in [2.45, 2.75) is 32.8 Å². The molecule has 0 unspecified atom stereocenters. The number of hydrogen-bond donors (Lipinski definition) is 2. The van der Waals surface area contributed by atoms with Crippen LogP contribution in [0.3, 0.4) is 0 Å². The summed E-state index contributed by atoms with van der Waals surface area (Å²) in [6.07, 6.45) is 0.512. The molecule has 0 aromatic carbocycles. The van der Waals surface area contributed by atoms with Crippen LogP contribution in [0.1, 0.15) is 27.2 Å². The molecule has 2 N–H and O–H groups in total. The van der Waals surface area contributed by atoms with Crippen LogP contribution < -0.4 is 5.32 Å². The van der Waals surface area contributed by atoms with E-state index in [0.29, 0.717) is 18.9 Å². The molecule has 1 amide bonds. The number of carbonyl (C=O) groups excluding carboxylic acids is 1. The zero-order valence-electron chi connectivity index (χ0n) is 9.59. The summed E-state index contributed by atoms with van der Waals surface area (Å²) in [5, 5.41) is 10.4. The molecule has 1 aliphatic rings. The number of nitrogens with one attached hydrogen (secondary N) is 2. The Morgan fingerprint density at radius 2 is 2.20 bits per heavy atom. The normalized spacial score (nSPS) is 18.1. The van der Waals surface area contributed by atoms with E-state index in [1.54, 1.807) is 4.90 Å². The first-order valence-electron chi connectivity index (χ1n) is 5.18. The molecule has 5 nitrogen and oxygen atoms in total. The van der Waals surface area contributed by atoms with Crippen LogP contribution in [0.4, 0.5) is 4.79 Å². The summed E-state index contributed by atoms with van der Waals surface area (Å²) in [6.45, 7) is 7.22. The van der Waals surface area contributed by atoms with Crippen LogP contribution in [0.25, 0.3) is 0 Å². The second kappa shape index (κ2) is 4.51. The van der Waals surface area contributed by atoms with Gasteiger partial charge in [0.25, 0.3) is 0 Å². The first-order valence-corrected chi connectivity index (χ1v) is 5.18. The van der Waals surface area contributed by atoms with Crippen LogP contribution in [0.5, 0.6) is 0 Å². The quantitative estimate of drug-likeness (QED) is 0.635. The highest BCUT2D eigenvalue weighted by Crippen LogP contribution is 2.10. The van der Waals surface area contributed by atoms with E-state index in [1.165, 1.54) is 0 Å². The fourth-order valence-corrected chi connectivity index (χ4v) is 1.32. The maximum Gasteiger partial charge on any atom is 0.410 e.